The Kier molecular flexibility index (Phi) is 3.99. The molecule has 0 N–H and O–H groups in total. The monoisotopic (exact) mass is 292 g/mol. The number of carbonyl (C=O) groups excluding carboxylic acids is 1. The molecule has 4 nitrogen and oxygen atoms in total. The highest BCUT2D eigenvalue weighted by Gasteiger charge is 2.24. The standard InChI is InChI=1S/C16H21FN2O2/c1-12-4-2-7-18(11-12)15-6-5-13(10-14(15)17)19-8-3-9-21-16(19)20/h5-6,10,12H,2-4,7-9,11H2,1H3. The van der Waals surface area contributed by atoms with Crippen molar-refractivity contribution in [2.75, 3.05) is 36.0 Å². The second-order valence-corrected chi connectivity index (χ2v) is 5.95. The van der Waals surface area contributed by atoms with E-state index < -0.39 is 0 Å². The zero-order valence-electron chi connectivity index (χ0n) is 12.3. The molecule has 0 aromatic heterocycles. The third kappa shape index (κ3) is 2.96. The summed E-state index contributed by atoms with van der Waals surface area (Å²) in [5.41, 5.74) is 1.21. The lowest BCUT2D eigenvalue weighted by atomic mass is 9.99. The van der Waals surface area contributed by atoms with Crippen molar-refractivity contribution in [1.82, 2.24) is 0 Å². The van der Waals surface area contributed by atoms with Crippen LogP contribution in [0.5, 0.6) is 0 Å². The molecule has 0 bridgehead atoms. The van der Waals surface area contributed by atoms with Crippen molar-refractivity contribution in [2.45, 2.75) is 26.2 Å². The van der Waals surface area contributed by atoms with Gasteiger partial charge in [-0.2, -0.15) is 0 Å². The number of halogens is 1. The van der Waals surface area contributed by atoms with E-state index in [1.54, 1.807) is 6.07 Å². The first-order valence-corrected chi connectivity index (χ1v) is 7.64. The van der Waals surface area contributed by atoms with Crippen LogP contribution in [0.1, 0.15) is 26.2 Å². The number of carbonyl (C=O) groups is 1. The number of hydrogen-bond acceptors (Lipinski definition) is 3. The molecule has 1 aromatic carbocycles. The average molecular weight is 292 g/mol. The molecule has 0 radical (unpaired) electrons. The summed E-state index contributed by atoms with van der Waals surface area (Å²) in [6.45, 7) is 5.01. The van der Waals surface area contributed by atoms with Crippen LogP contribution in [0.4, 0.5) is 20.6 Å². The highest BCUT2D eigenvalue weighted by Crippen LogP contribution is 2.29. The summed E-state index contributed by atoms with van der Waals surface area (Å²) in [5, 5.41) is 0. The molecule has 1 atom stereocenters. The SMILES string of the molecule is CC1CCCN(c2ccc(N3CCCOC3=O)cc2F)C1. The van der Waals surface area contributed by atoms with Crippen LogP contribution in [0.2, 0.25) is 0 Å². The molecule has 2 saturated heterocycles. The van der Waals surface area contributed by atoms with Gasteiger partial charge in [0.05, 0.1) is 18.0 Å². The number of benzene rings is 1. The smallest absolute Gasteiger partial charge is 0.414 e. The maximum atomic E-state index is 14.4. The molecular formula is C16H21FN2O2. The van der Waals surface area contributed by atoms with Crippen LogP contribution >= 0.6 is 0 Å². The fraction of sp³-hybridized carbons (Fsp3) is 0.562. The molecular weight excluding hydrogens is 271 g/mol. The molecule has 114 valence electrons. The summed E-state index contributed by atoms with van der Waals surface area (Å²) >= 11 is 0. The summed E-state index contributed by atoms with van der Waals surface area (Å²) in [6.07, 6.45) is 2.69. The fourth-order valence-electron chi connectivity index (χ4n) is 3.11. The van der Waals surface area contributed by atoms with Gasteiger partial charge in [-0.3, -0.25) is 4.90 Å². The number of amides is 1. The van der Waals surface area contributed by atoms with Crippen molar-refractivity contribution in [1.29, 1.82) is 0 Å². The van der Waals surface area contributed by atoms with Gasteiger partial charge in [-0.25, -0.2) is 9.18 Å². The van der Waals surface area contributed by atoms with Gasteiger partial charge in [-0.15, -0.1) is 0 Å². The Bertz CT molecular complexity index is 535. The Morgan fingerprint density at radius 2 is 2.14 bits per heavy atom. The maximum Gasteiger partial charge on any atom is 0.414 e. The summed E-state index contributed by atoms with van der Waals surface area (Å²) in [4.78, 5) is 15.3. The Labute approximate surface area is 124 Å². The van der Waals surface area contributed by atoms with Gasteiger partial charge in [-0.1, -0.05) is 6.92 Å². The highest BCUT2D eigenvalue weighted by molar-refractivity contribution is 5.88. The quantitative estimate of drug-likeness (QED) is 0.837. The lowest BCUT2D eigenvalue weighted by Gasteiger charge is -2.33. The van der Waals surface area contributed by atoms with Gasteiger partial charge >= 0.3 is 6.09 Å². The summed E-state index contributed by atoms with van der Waals surface area (Å²) < 4.78 is 19.4. The first-order valence-electron chi connectivity index (χ1n) is 7.64. The van der Waals surface area contributed by atoms with Crippen molar-refractivity contribution in [3.63, 3.8) is 0 Å². The van der Waals surface area contributed by atoms with Crippen LogP contribution < -0.4 is 9.80 Å². The van der Waals surface area contributed by atoms with E-state index in [4.69, 9.17) is 4.74 Å². The van der Waals surface area contributed by atoms with Crippen molar-refractivity contribution < 1.29 is 13.9 Å². The Balaban J connectivity index is 1.80. The van der Waals surface area contributed by atoms with Gasteiger partial charge in [0.25, 0.3) is 0 Å². The molecule has 5 heteroatoms. The van der Waals surface area contributed by atoms with E-state index in [0.29, 0.717) is 30.4 Å². The van der Waals surface area contributed by atoms with E-state index in [2.05, 4.69) is 11.8 Å². The molecule has 2 aliphatic rings. The molecule has 1 unspecified atom stereocenters. The van der Waals surface area contributed by atoms with E-state index in [0.717, 1.165) is 25.9 Å². The normalized spacial score (nSPS) is 23.1. The molecule has 3 rings (SSSR count). The van der Waals surface area contributed by atoms with Gasteiger partial charge in [-0.05, 0) is 43.4 Å². The summed E-state index contributed by atoms with van der Waals surface area (Å²) in [7, 11) is 0. The number of nitrogens with zero attached hydrogens (tertiary/aromatic N) is 2. The fourth-order valence-corrected chi connectivity index (χ4v) is 3.11. The Morgan fingerprint density at radius 1 is 1.29 bits per heavy atom. The number of rotatable bonds is 2. The van der Waals surface area contributed by atoms with Gasteiger partial charge in [0.1, 0.15) is 5.82 Å². The van der Waals surface area contributed by atoms with Crippen molar-refractivity contribution >= 4 is 17.5 Å². The zero-order chi connectivity index (χ0) is 14.8. The van der Waals surface area contributed by atoms with Crippen LogP contribution in [0.15, 0.2) is 18.2 Å². The average Bonchev–Trinajstić information content (AvgIpc) is 2.47. The van der Waals surface area contributed by atoms with Gasteiger partial charge < -0.3 is 9.64 Å². The minimum absolute atomic E-state index is 0.264. The second kappa shape index (κ2) is 5.92. The van der Waals surface area contributed by atoms with Crippen LogP contribution in [0.3, 0.4) is 0 Å². The Morgan fingerprint density at radius 3 is 2.86 bits per heavy atom. The third-order valence-electron chi connectivity index (χ3n) is 4.21. The molecule has 1 amide bonds. The molecule has 21 heavy (non-hydrogen) atoms. The zero-order valence-corrected chi connectivity index (χ0v) is 12.3. The maximum absolute atomic E-state index is 14.4. The largest absolute Gasteiger partial charge is 0.449 e. The van der Waals surface area contributed by atoms with Crippen LogP contribution in [-0.2, 0) is 4.74 Å². The van der Waals surface area contributed by atoms with Gasteiger partial charge in [0.15, 0.2) is 0 Å². The third-order valence-corrected chi connectivity index (χ3v) is 4.21. The van der Waals surface area contributed by atoms with Crippen molar-refractivity contribution in [2.24, 2.45) is 5.92 Å². The first-order chi connectivity index (χ1) is 10.1. The predicted octanol–water partition coefficient (Wildman–Crippen LogP) is 3.41. The molecule has 0 saturated carbocycles. The van der Waals surface area contributed by atoms with Crippen LogP contribution in [-0.4, -0.2) is 32.3 Å². The van der Waals surface area contributed by atoms with E-state index in [9.17, 15) is 9.18 Å². The highest BCUT2D eigenvalue weighted by atomic mass is 19.1. The van der Waals surface area contributed by atoms with Crippen molar-refractivity contribution in [3.05, 3.63) is 24.0 Å². The van der Waals surface area contributed by atoms with Crippen molar-refractivity contribution in [3.8, 4) is 0 Å². The lowest BCUT2D eigenvalue weighted by molar-refractivity contribution is 0.140. The van der Waals surface area contributed by atoms with Crippen LogP contribution in [0, 0.1) is 11.7 Å². The number of cyclic esters (lactones) is 1. The van der Waals surface area contributed by atoms with E-state index in [1.807, 2.05) is 6.07 Å². The van der Waals surface area contributed by atoms with Crippen LogP contribution in [0.25, 0.3) is 0 Å². The number of hydrogen-bond donors (Lipinski definition) is 0. The molecule has 1 aromatic rings. The Hall–Kier alpha value is -1.78. The molecule has 2 aliphatic heterocycles. The van der Waals surface area contributed by atoms with E-state index >= 15 is 0 Å². The molecule has 0 aliphatic carbocycles. The molecule has 0 spiro atoms. The van der Waals surface area contributed by atoms with E-state index in [-0.39, 0.29) is 11.9 Å². The van der Waals surface area contributed by atoms with E-state index in [1.165, 1.54) is 17.4 Å². The molecule has 2 fully saturated rings. The van der Waals surface area contributed by atoms with Gasteiger partial charge in [0, 0.05) is 19.6 Å². The predicted molar refractivity (Wildman–Crippen MR) is 80.3 cm³/mol. The number of anilines is 2. The summed E-state index contributed by atoms with van der Waals surface area (Å²) in [6, 6.07) is 5.04. The summed E-state index contributed by atoms with van der Waals surface area (Å²) in [5.74, 6) is 0.329. The number of piperidine rings is 1. The minimum atomic E-state index is -0.389. The topological polar surface area (TPSA) is 32.8 Å². The first kappa shape index (κ1) is 14.2. The minimum Gasteiger partial charge on any atom is -0.449 e. The van der Waals surface area contributed by atoms with Gasteiger partial charge in [0.2, 0.25) is 0 Å². The lowest BCUT2D eigenvalue weighted by Crippen LogP contribution is -2.38. The molecule has 2 heterocycles. The second-order valence-electron chi connectivity index (χ2n) is 5.95. The number of ether oxygens (including phenoxy) is 1.